The summed E-state index contributed by atoms with van der Waals surface area (Å²) in [6, 6.07) is 20.1. The highest BCUT2D eigenvalue weighted by molar-refractivity contribution is 5.92. The van der Waals surface area contributed by atoms with Gasteiger partial charge >= 0.3 is 0 Å². The average Bonchev–Trinajstić information content (AvgIpc) is 3.29. The Bertz CT molecular complexity index is 1320. The van der Waals surface area contributed by atoms with E-state index in [2.05, 4.69) is 47.5 Å². The molecule has 0 saturated carbocycles. The molecule has 1 amide bonds. The number of hydrogen-bond acceptors (Lipinski definition) is 5. The highest BCUT2D eigenvalue weighted by Crippen LogP contribution is 2.28. The van der Waals surface area contributed by atoms with E-state index in [0.717, 1.165) is 65.8 Å². The van der Waals surface area contributed by atoms with E-state index in [4.69, 9.17) is 14.8 Å². The van der Waals surface area contributed by atoms with Crippen molar-refractivity contribution in [2.45, 2.75) is 33.6 Å². The average molecular weight is 470 g/mol. The van der Waals surface area contributed by atoms with Crippen molar-refractivity contribution in [3.05, 3.63) is 71.9 Å². The molecule has 4 aromatic rings. The van der Waals surface area contributed by atoms with Crippen LogP contribution >= 0.6 is 0 Å². The van der Waals surface area contributed by atoms with E-state index in [-0.39, 0.29) is 11.8 Å². The van der Waals surface area contributed by atoms with Crippen LogP contribution in [0.25, 0.3) is 16.9 Å². The maximum Gasteiger partial charge on any atom is 0.227 e. The van der Waals surface area contributed by atoms with Crippen molar-refractivity contribution in [2.75, 3.05) is 29.9 Å². The summed E-state index contributed by atoms with van der Waals surface area (Å²) in [5, 5.41) is 7.94. The molecule has 180 valence electrons. The van der Waals surface area contributed by atoms with E-state index in [1.54, 1.807) is 0 Å². The third-order valence-electron chi connectivity index (χ3n) is 6.51. The fourth-order valence-corrected chi connectivity index (χ4v) is 4.59. The summed E-state index contributed by atoms with van der Waals surface area (Å²) in [6.07, 6.45) is 1.58. The molecule has 7 heteroatoms. The van der Waals surface area contributed by atoms with Gasteiger partial charge in [0.1, 0.15) is 11.6 Å². The lowest BCUT2D eigenvalue weighted by molar-refractivity contribution is -0.120. The van der Waals surface area contributed by atoms with E-state index >= 15 is 0 Å². The van der Waals surface area contributed by atoms with E-state index < -0.39 is 0 Å². The number of anilines is 2. The molecule has 0 atom stereocenters. The Morgan fingerprint density at radius 1 is 1.03 bits per heavy atom. The molecule has 0 radical (unpaired) electrons. The van der Waals surface area contributed by atoms with Gasteiger partial charge in [0.2, 0.25) is 5.91 Å². The third kappa shape index (κ3) is 4.99. The second-order valence-electron chi connectivity index (χ2n) is 9.13. The summed E-state index contributed by atoms with van der Waals surface area (Å²) in [4.78, 5) is 19.9. The van der Waals surface area contributed by atoms with Gasteiger partial charge in [0.05, 0.1) is 12.3 Å². The van der Waals surface area contributed by atoms with E-state index in [1.807, 2.05) is 48.7 Å². The number of aromatic nitrogens is 3. The highest BCUT2D eigenvalue weighted by Gasteiger charge is 2.27. The van der Waals surface area contributed by atoms with E-state index in [1.165, 1.54) is 5.56 Å². The normalized spacial score (nSPS) is 14.3. The molecule has 1 fully saturated rings. The Morgan fingerprint density at radius 2 is 1.74 bits per heavy atom. The lowest BCUT2D eigenvalue weighted by Crippen LogP contribution is -2.39. The summed E-state index contributed by atoms with van der Waals surface area (Å²) in [5.41, 5.74) is 5.81. The minimum Gasteiger partial charge on any atom is -0.494 e. The number of ether oxygens (including phenoxy) is 1. The molecule has 1 aliphatic rings. The number of rotatable bonds is 6. The first kappa shape index (κ1) is 22.9. The molecule has 1 aliphatic heterocycles. The lowest BCUT2D eigenvalue weighted by Gasteiger charge is -2.33. The number of amides is 1. The highest BCUT2D eigenvalue weighted by atomic mass is 16.5. The smallest absolute Gasteiger partial charge is 0.227 e. The molecule has 1 N–H and O–H groups in total. The quantitative estimate of drug-likeness (QED) is 0.417. The Labute approximate surface area is 205 Å². The van der Waals surface area contributed by atoms with E-state index in [0.29, 0.717) is 6.61 Å². The maximum atomic E-state index is 12.9. The van der Waals surface area contributed by atoms with Gasteiger partial charge in [-0.25, -0.2) is 4.98 Å². The van der Waals surface area contributed by atoms with Crippen LogP contribution in [-0.2, 0) is 4.79 Å². The number of fused-ring (bicyclic) bond motifs is 1. The molecule has 2 aromatic carbocycles. The van der Waals surface area contributed by atoms with Crippen LogP contribution in [0.3, 0.4) is 0 Å². The zero-order valence-electron chi connectivity index (χ0n) is 20.5. The van der Waals surface area contributed by atoms with Gasteiger partial charge in [-0.3, -0.25) is 4.79 Å². The molecule has 2 aromatic heterocycles. The molecule has 5 rings (SSSR count). The Balaban J connectivity index is 1.28. The molecular weight excluding hydrogens is 438 g/mol. The number of nitrogens with zero attached hydrogens (tertiary/aromatic N) is 4. The molecule has 35 heavy (non-hydrogen) atoms. The van der Waals surface area contributed by atoms with Crippen LogP contribution in [0.15, 0.2) is 60.7 Å². The first-order valence-electron chi connectivity index (χ1n) is 12.2. The van der Waals surface area contributed by atoms with Crippen molar-refractivity contribution >= 4 is 23.1 Å². The Morgan fingerprint density at radius 3 is 2.43 bits per heavy atom. The topological polar surface area (TPSA) is 71.8 Å². The predicted octanol–water partition coefficient (Wildman–Crippen LogP) is 5.27. The summed E-state index contributed by atoms with van der Waals surface area (Å²) >= 11 is 0. The van der Waals surface area contributed by atoms with Gasteiger partial charge in [-0.2, -0.15) is 9.61 Å². The monoisotopic (exact) mass is 469 g/mol. The standard InChI is InChI=1S/C28H31N5O2/c1-4-35-24-11-9-23(10-12-24)30-28(34)22-13-15-32(16-14-22)27-17-20(3)29-26-18-25(31-33(26)27)21-7-5-19(2)6-8-21/h5-12,17-18,22H,4,13-16H2,1-3H3,(H,30,34). The SMILES string of the molecule is CCOc1ccc(NC(=O)C2CCN(c3cc(C)nc4cc(-c5ccc(C)cc5)nn34)CC2)cc1. The minimum atomic E-state index is -0.0167. The van der Waals surface area contributed by atoms with Gasteiger partial charge in [0, 0.05) is 48.1 Å². The zero-order chi connectivity index (χ0) is 24.4. The van der Waals surface area contributed by atoms with Crippen molar-refractivity contribution in [3.63, 3.8) is 0 Å². The largest absolute Gasteiger partial charge is 0.494 e. The summed E-state index contributed by atoms with van der Waals surface area (Å²) in [7, 11) is 0. The van der Waals surface area contributed by atoms with Crippen LogP contribution in [0.5, 0.6) is 5.75 Å². The Kier molecular flexibility index (Phi) is 6.40. The summed E-state index contributed by atoms with van der Waals surface area (Å²) in [5.74, 6) is 1.89. The zero-order valence-corrected chi connectivity index (χ0v) is 20.5. The predicted molar refractivity (Wildman–Crippen MR) is 139 cm³/mol. The van der Waals surface area contributed by atoms with Crippen LogP contribution < -0.4 is 15.0 Å². The third-order valence-corrected chi connectivity index (χ3v) is 6.51. The molecule has 0 unspecified atom stereocenters. The fraction of sp³-hybridized carbons (Fsp3) is 0.321. The summed E-state index contributed by atoms with van der Waals surface area (Å²) < 4.78 is 7.41. The molecular formula is C28H31N5O2. The first-order valence-corrected chi connectivity index (χ1v) is 12.2. The molecule has 3 heterocycles. The molecule has 0 aliphatic carbocycles. The first-order chi connectivity index (χ1) is 17.0. The number of carbonyl (C=O) groups excluding carboxylic acids is 1. The van der Waals surface area contributed by atoms with Gasteiger partial charge in [-0.05, 0) is 57.9 Å². The second-order valence-corrected chi connectivity index (χ2v) is 9.13. The number of aryl methyl sites for hydroxylation is 2. The van der Waals surface area contributed by atoms with Gasteiger partial charge < -0.3 is 15.0 Å². The van der Waals surface area contributed by atoms with Gasteiger partial charge in [-0.15, -0.1) is 0 Å². The van der Waals surface area contributed by atoms with Gasteiger partial charge in [0.15, 0.2) is 5.65 Å². The van der Waals surface area contributed by atoms with Crippen LogP contribution in [0.4, 0.5) is 11.5 Å². The van der Waals surface area contributed by atoms with Crippen molar-refractivity contribution in [1.82, 2.24) is 14.6 Å². The lowest BCUT2D eigenvalue weighted by atomic mass is 9.95. The van der Waals surface area contributed by atoms with Crippen LogP contribution in [0, 0.1) is 19.8 Å². The number of piperidine rings is 1. The van der Waals surface area contributed by atoms with Crippen molar-refractivity contribution in [2.24, 2.45) is 5.92 Å². The molecule has 0 spiro atoms. The van der Waals surface area contributed by atoms with Crippen molar-refractivity contribution in [3.8, 4) is 17.0 Å². The number of hydrogen-bond donors (Lipinski definition) is 1. The van der Waals surface area contributed by atoms with Crippen LogP contribution in [-0.4, -0.2) is 40.2 Å². The van der Waals surface area contributed by atoms with Gasteiger partial charge in [-0.1, -0.05) is 29.8 Å². The van der Waals surface area contributed by atoms with Crippen LogP contribution in [0.1, 0.15) is 31.0 Å². The fourth-order valence-electron chi connectivity index (χ4n) is 4.59. The molecule has 0 bridgehead atoms. The van der Waals surface area contributed by atoms with E-state index in [9.17, 15) is 4.79 Å². The van der Waals surface area contributed by atoms with Crippen molar-refractivity contribution in [1.29, 1.82) is 0 Å². The second kappa shape index (κ2) is 9.78. The van der Waals surface area contributed by atoms with Crippen LogP contribution in [0.2, 0.25) is 0 Å². The molecule has 7 nitrogen and oxygen atoms in total. The number of carbonyl (C=O) groups is 1. The summed E-state index contributed by atoms with van der Waals surface area (Å²) in [6.45, 7) is 8.26. The number of nitrogens with one attached hydrogen (secondary N) is 1. The van der Waals surface area contributed by atoms with Gasteiger partial charge in [0.25, 0.3) is 0 Å². The van der Waals surface area contributed by atoms with Crippen molar-refractivity contribution < 1.29 is 9.53 Å². The Hall–Kier alpha value is -3.87. The minimum absolute atomic E-state index is 0.0167. The number of benzene rings is 2. The molecule has 1 saturated heterocycles. The maximum absolute atomic E-state index is 12.9.